The zero-order valence-corrected chi connectivity index (χ0v) is 18.0. The van der Waals surface area contributed by atoms with Crippen LogP contribution in [0.4, 0.5) is 0 Å². The minimum absolute atomic E-state index is 0.220. The summed E-state index contributed by atoms with van der Waals surface area (Å²) in [6.45, 7) is 3.37. The molecule has 0 N–H and O–H groups in total. The highest BCUT2D eigenvalue weighted by Gasteiger charge is 2.43. The third-order valence-electron chi connectivity index (χ3n) is 4.92. The number of furan rings is 1. The van der Waals surface area contributed by atoms with Crippen molar-refractivity contribution in [2.75, 3.05) is 21.3 Å². The Labute approximate surface area is 177 Å². The van der Waals surface area contributed by atoms with Gasteiger partial charge in [-0.2, -0.15) is 0 Å². The first kappa shape index (κ1) is 21.5. The zero-order chi connectivity index (χ0) is 22.0. The average molecular weight is 431 g/mol. The molecule has 0 radical (unpaired) electrons. The van der Waals surface area contributed by atoms with Crippen LogP contribution in [0.15, 0.2) is 44.3 Å². The summed E-state index contributed by atoms with van der Waals surface area (Å²) in [4.78, 5) is 41.9. The molecule has 30 heavy (non-hydrogen) atoms. The van der Waals surface area contributed by atoms with Crippen LogP contribution >= 0.6 is 11.3 Å². The Hall–Kier alpha value is -3.20. The summed E-state index contributed by atoms with van der Waals surface area (Å²) >= 11 is 1.23. The van der Waals surface area contributed by atoms with Gasteiger partial charge in [0.2, 0.25) is 0 Å². The molecule has 3 rings (SSSR count). The normalized spacial score (nSPS) is 18.6. The van der Waals surface area contributed by atoms with Gasteiger partial charge in [0.15, 0.2) is 0 Å². The van der Waals surface area contributed by atoms with E-state index in [1.807, 2.05) is 0 Å². The number of thiophene rings is 1. The molecule has 1 aliphatic heterocycles. The van der Waals surface area contributed by atoms with E-state index >= 15 is 0 Å². The summed E-state index contributed by atoms with van der Waals surface area (Å²) in [5, 5.41) is 1.75. The predicted molar refractivity (Wildman–Crippen MR) is 109 cm³/mol. The largest absolute Gasteiger partial charge is 0.468 e. The van der Waals surface area contributed by atoms with Gasteiger partial charge < -0.3 is 18.6 Å². The molecule has 158 valence electrons. The topological polar surface area (TPSA) is 104 Å². The Morgan fingerprint density at radius 2 is 1.70 bits per heavy atom. The van der Waals surface area contributed by atoms with Gasteiger partial charge in [0.1, 0.15) is 22.3 Å². The zero-order valence-electron chi connectivity index (χ0n) is 17.2. The molecule has 2 aromatic rings. The fourth-order valence-corrected chi connectivity index (χ4v) is 4.39. The van der Waals surface area contributed by atoms with E-state index in [1.54, 1.807) is 37.4 Å². The first-order chi connectivity index (χ1) is 14.3. The van der Waals surface area contributed by atoms with E-state index < -0.39 is 29.7 Å². The minimum Gasteiger partial charge on any atom is -0.468 e. The number of carbonyl (C=O) groups is 3. The summed E-state index contributed by atoms with van der Waals surface area (Å²) in [6, 6.07) is 5.10. The lowest BCUT2D eigenvalue weighted by Crippen LogP contribution is -2.35. The van der Waals surface area contributed by atoms with Crippen LogP contribution in [-0.4, -0.2) is 44.9 Å². The van der Waals surface area contributed by atoms with E-state index in [1.165, 1.54) is 32.7 Å². The maximum Gasteiger partial charge on any atom is 0.348 e. The molecule has 3 heterocycles. The molecule has 2 unspecified atom stereocenters. The van der Waals surface area contributed by atoms with Crippen molar-refractivity contribution in [3.05, 3.63) is 45.5 Å². The second-order valence-corrected chi connectivity index (χ2v) is 7.50. The number of hydrogen-bond acceptors (Lipinski definition) is 9. The lowest BCUT2D eigenvalue weighted by Gasteiger charge is -2.29. The number of esters is 3. The molecule has 0 saturated carbocycles. The van der Waals surface area contributed by atoms with Crippen molar-refractivity contribution < 1.29 is 33.0 Å². The van der Waals surface area contributed by atoms with Gasteiger partial charge in [0.25, 0.3) is 0 Å². The summed E-state index contributed by atoms with van der Waals surface area (Å²) in [6.07, 6.45) is 0. The molecule has 1 aliphatic rings. The van der Waals surface area contributed by atoms with Crippen molar-refractivity contribution in [1.82, 2.24) is 0 Å². The van der Waals surface area contributed by atoms with Gasteiger partial charge in [-0.15, -0.1) is 11.3 Å². The number of aliphatic imine (C=N–C) groups is 1. The Bertz CT molecular complexity index is 1060. The SMILES string of the molecule is COC(=O)C1=C(C)N=C(C)C(C(=O)OC)C1c1ccc(-c2ccsc2C(=O)OC)o1. The van der Waals surface area contributed by atoms with Gasteiger partial charge >= 0.3 is 17.9 Å². The standard InChI is InChI=1S/C21H21NO7S/c1-10-15(19(23)26-3)17(16(11(2)22-10)20(24)27-4)14-7-6-13(29-14)12-8-9-30-18(12)21(25)28-5/h6-9,15,17H,1-5H3. The second-order valence-electron chi connectivity index (χ2n) is 6.58. The molecule has 0 fully saturated rings. The lowest BCUT2D eigenvalue weighted by molar-refractivity contribution is -0.144. The summed E-state index contributed by atoms with van der Waals surface area (Å²) in [5.74, 6) is -2.48. The van der Waals surface area contributed by atoms with Crippen LogP contribution in [0.3, 0.4) is 0 Å². The van der Waals surface area contributed by atoms with Crippen LogP contribution in [0.1, 0.15) is 35.2 Å². The molecule has 9 heteroatoms. The van der Waals surface area contributed by atoms with E-state index in [0.29, 0.717) is 33.4 Å². The number of rotatable bonds is 5. The molecule has 2 aromatic heterocycles. The Kier molecular flexibility index (Phi) is 6.21. The van der Waals surface area contributed by atoms with Crippen molar-refractivity contribution in [1.29, 1.82) is 0 Å². The first-order valence-electron chi connectivity index (χ1n) is 9.02. The number of allylic oxidation sites excluding steroid dienone is 1. The molecular formula is C21H21NO7S. The molecule has 0 aliphatic carbocycles. The van der Waals surface area contributed by atoms with E-state index in [2.05, 4.69) is 4.99 Å². The van der Waals surface area contributed by atoms with Crippen LogP contribution in [0.25, 0.3) is 11.3 Å². The monoisotopic (exact) mass is 431 g/mol. The van der Waals surface area contributed by atoms with Crippen LogP contribution in [0, 0.1) is 5.92 Å². The average Bonchev–Trinajstić information content (AvgIpc) is 3.40. The number of nitrogens with zero attached hydrogens (tertiary/aromatic N) is 1. The van der Waals surface area contributed by atoms with Crippen LogP contribution in [0.2, 0.25) is 0 Å². The summed E-state index contributed by atoms with van der Waals surface area (Å²) in [7, 11) is 3.84. The van der Waals surface area contributed by atoms with E-state index in [-0.39, 0.29) is 5.57 Å². The highest BCUT2D eigenvalue weighted by Crippen LogP contribution is 2.42. The highest BCUT2D eigenvalue weighted by atomic mass is 32.1. The van der Waals surface area contributed by atoms with Gasteiger partial charge in [-0.1, -0.05) is 0 Å². The molecule has 8 nitrogen and oxygen atoms in total. The van der Waals surface area contributed by atoms with Crippen molar-refractivity contribution in [2.45, 2.75) is 19.8 Å². The fraction of sp³-hybridized carbons (Fsp3) is 0.333. The first-order valence-corrected chi connectivity index (χ1v) is 9.90. The number of carbonyl (C=O) groups excluding carboxylic acids is 3. The number of ether oxygens (including phenoxy) is 3. The molecule has 0 spiro atoms. The number of methoxy groups -OCH3 is 3. The predicted octanol–water partition coefficient (Wildman–Crippen LogP) is 3.59. The summed E-state index contributed by atoms with van der Waals surface area (Å²) < 4.78 is 20.8. The summed E-state index contributed by atoms with van der Waals surface area (Å²) in [5.41, 5.74) is 1.72. The Morgan fingerprint density at radius 1 is 1.00 bits per heavy atom. The Balaban J connectivity index is 2.13. The molecule has 0 saturated heterocycles. The van der Waals surface area contributed by atoms with Gasteiger partial charge in [0.05, 0.1) is 32.8 Å². The van der Waals surface area contributed by atoms with Crippen LogP contribution in [0.5, 0.6) is 0 Å². The highest BCUT2D eigenvalue weighted by molar-refractivity contribution is 7.12. The van der Waals surface area contributed by atoms with E-state index in [0.717, 1.165) is 0 Å². The molecule has 0 amide bonds. The Morgan fingerprint density at radius 3 is 2.33 bits per heavy atom. The second kappa shape index (κ2) is 8.66. The van der Waals surface area contributed by atoms with Crippen molar-refractivity contribution in [3.8, 4) is 11.3 Å². The fourth-order valence-electron chi connectivity index (χ4n) is 3.57. The number of hydrogen-bond donors (Lipinski definition) is 0. The third-order valence-corrected chi connectivity index (χ3v) is 5.82. The molecule has 2 atom stereocenters. The van der Waals surface area contributed by atoms with E-state index in [4.69, 9.17) is 18.6 Å². The maximum absolute atomic E-state index is 12.6. The molecular weight excluding hydrogens is 410 g/mol. The van der Waals surface area contributed by atoms with Crippen LogP contribution in [-0.2, 0) is 23.8 Å². The van der Waals surface area contributed by atoms with Crippen LogP contribution < -0.4 is 0 Å². The van der Waals surface area contributed by atoms with Gasteiger partial charge in [-0.3, -0.25) is 9.79 Å². The van der Waals surface area contributed by atoms with Gasteiger partial charge in [-0.05, 0) is 37.4 Å². The smallest absolute Gasteiger partial charge is 0.348 e. The van der Waals surface area contributed by atoms with E-state index in [9.17, 15) is 14.4 Å². The lowest BCUT2D eigenvalue weighted by atomic mass is 9.78. The minimum atomic E-state index is -0.852. The third kappa shape index (κ3) is 3.68. The van der Waals surface area contributed by atoms with Gasteiger partial charge in [0, 0.05) is 17.0 Å². The van der Waals surface area contributed by atoms with Crippen molar-refractivity contribution in [3.63, 3.8) is 0 Å². The quantitative estimate of drug-likeness (QED) is 0.526. The maximum atomic E-state index is 12.6. The van der Waals surface area contributed by atoms with Gasteiger partial charge in [-0.25, -0.2) is 9.59 Å². The van der Waals surface area contributed by atoms with Crippen molar-refractivity contribution >= 4 is 35.0 Å². The van der Waals surface area contributed by atoms with Crippen molar-refractivity contribution in [2.24, 2.45) is 10.9 Å². The molecule has 0 aromatic carbocycles. The molecule has 0 bridgehead atoms.